The fourth-order valence-corrected chi connectivity index (χ4v) is 3.61. The predicted octanol–water partition coefficient (Wildman–Crippen LogP) is 5.99. The SMILES string of the molecule is COc1cc(/C=C(/C#N)c2cccc([N+](=O)[O-])c2)cc(I)c1OCc1ccc(F)cc1. The van der Waals surface area contributed by atoms with Gasteiger partial charge in [0.1, 0.15) is 12.4 Å². The highest BCUT2D eigenvalue weighted by Crippen LogP contribution is 2.36. The Labute approximate surface area is 191 Å². The van der Waals surface area contributed by atoms with Crippen LogP contribution in [0.1, 0.15) is 16.7 Å². The first-order valence-electron chi connectivity index (χ1n) is 9.02. The molecule has 3 aromatic carbocycles. The van der Waals surface area contributed by atoms with Crippen LogP contribution >= 0.6 is 22.6 Å². The van der Waals surface area contributed by atoms with Gasteiger partial charge in [0.15, 0.2) is 11.5 Å². The number of methoxy groups -OCH3 is 1. The molecule has 0 aliphatic rings. The van der Waals surface area contributed by atoms with Crippen LogP contribution in [0.25, 0.3) is 11.6 Å². The van der Waals surface area contributed by atoms with Crippen LogP contribution in [-0.4, -0.2) is 12.0 Å². The maximum atomic E-state index is 13.1. The second-order valence-electron chi connectivity index (χ2n) is 6.43. The summed E-state index contributed by atoms with van der Waals surface area (Å²) in [5.74, 6) is 0.680. The van der Waals surface area contributed by atoms with Crippen LogP contribution in [0.4, 0.5) is 10.1 Å². The van der Waals surface area contributed by atoms with Gasteiger partial charge < -0.3 is 9.47 Å². The van der Waals surface area contributed by atoms with Crippen LogP contribution < -0.4 is 9.47 Å². The summed E-state index contributed by atoms with van der Waals surface area (Å²) >= 11 is 2.10. The van der Waals surface area contributed by atoms with Crippen molar-refractivity contribution >= 4 is 39.9 Å². The third-order valence-electron chi connectivity index (χ3n) is 4.35. The molecule has 0 amide bonds. The molecule has 0 saturated carbocycles. The van der Waals surface area contributed by atoms with Gasteiger partial charge in [-0.1, -0.05) is 24.3 Å². The molecule has 0 saturated heterocycles. The van der Waals surface area contributed by atoms with Gasteiger partial charge in [0.05, 0.1) is 27.2 Å². The number of nitro benzene ring substituents is 1. The van der Waals surface area contributed by atoms with E-state index in [1.54, 1.807) is 30.3 Å². The topological polar surface area (TPSA) is 85.4 Å². The average molecular weight is 530 g/mol. The van der Waals surface area contributed by atoms with Crippen LogP contribution in [0.2, 0.25) is 0 Å². The van der Waals surface area contributed by atoms with Crippen molar-refractivity contribution in [2.24, 2.45) is 0 Å². The molecule has 0 aliphatic carbocycles. The molecule has 0 unspecified atom stereocenters. The maximum absolute atomic E-state index is 13.1. The Morgan fingerprint density at radius 2 is 1.97 bits per heavy atom. The molecule has 3 rings (SSSR count). The number of benzene rings is 3. The van der Waals surface area contributed by atoms with Gasteiger partial charge in [0.25, 0.3) is 5.69 Å². The van der Waals surface area contributed by atoms with E-state index in [9.17, 15) is 19.8 Å². The molecule has 3 aromatic rings. The molecule has 0 aliphatic heterocycles. The normalized spacial score (nSPS) is 11.0. The standard InChI is InChI=1S/C23H16FIN2O4/c1-30-22-11-16(9-18(13-26)17-3-2-4-20(12-17)27(28)29)10-21(25)23(22)31-14-15-5-7-19(24)8-6-15/h2-12H,14H2,1H3/b18-9-. The van der Waals surface area contributed by atoms with Gasteiger partial charge >= 0.3 is 0 Å². The van der Waals surface area contributed by atoms with Gasteiger partial charge in [-0.05, 0) is 69.6 Å². The average Bonchev–Trinajstić information content (AvgIpc) is 2.77. The Morgan fingerprint density at radius 1 is 1.23 bits per heavy atom. The number of allylic oxidation sites excluding steroid dienone is 1. The molecule has 0 radical (unpaired) electrons. The van der Waals surface area contributed by atoms with Gasteiger partial charge in [-0.2, -0.15) is 5.26 Å². The van der Waals surface area contributed by atoms with Crippen molar-refractivity contribution in [3.63, 3.8) is 0 Å². The Morgan fingerprint density at radius 3 is 2.61 bits per heavy atom. The largest absolute Gasteiger partial charge is 0.493 e. The molecule has 0 aromatic heterocycles. The third kappa shape index (κ3) is 5.58. The highest BCUT2D eigenvalue weighted by atomic mass is 127. The van der Waals surface area contributed by atoms with Crippen LogP contribution in [0, 0.1) is 30.8 Å². The van der Waals surface area contributed by atoms with E-state index in [2.05, 4.69) is 28.7 Å². The lowest BCUT2D eigenvalue weighted by Crippen LogP contribution is -2.00. The van der Waals surface area contributed by atoms with Crippen molar-refractivity contribution in [3.05, 3.63) is 96.9 Å². The molecule has 0 fully saturated rings. The van der Waals surface area contributed by atoms with Gasteiger partial charge in [-0.25, -0.2) is 4.39 Å². The van der Waals surface area contributed by atoms with E-state index in [1.807, 2.05) is 6.07 Å². The second kappa shape index (κ2) is 10.0. The van der Waals surface area contributed by atoms with E-state index in [4.69, 9.17) is 9.47 Å². The van der Waals surface area contributed by atoms with E-state index < -0.39 is 4.92 Å². The lowest BCUT2D eigenvalue weighted by atomic mass is 10.0. The molecular formula is C23H16FIN2O4. The number of non-ortho nitro benzene ring substituents is 1. The smallest absolute Gasteiger partial charge is 0.270 e. The van der Waals surface area contributed by atoms with E-state index >= 15 is 0 Å². The van der Waals surface area contributed by atoms with Crippen molar-refractivity contribution in [3.8, 4) is 17.6 Å². The van der Waals surface area contributed by atoms with Gasteiger partial charge in [-0.3, -0.25) is 10.1 Å². The summed E-state index contributed by atoms with van der Waals surface area (Å²) in [6, 6.07) is 17.6. The number of ether oxygens (including phenoxy) is 2. The highest BCUT2D eigenvalue weighted by Gasteiger charge is 2.13. The summed E-state index contributed by atoms with van der Waals surface area (Å²) in [6.45, 7) is 0.235. The number of nitriles is 1. The van der Waals surface area contributed by atoms with Crippen LogP contribution in [0.15, 0.2) is 60.7 Å². The number of hydrogen-bond acceptors (Lipinski definition) is 5. The van der Waals surface area contributed by atoms with E-state index in [0.717, 1.165) is 9.13 Å². The summed E-state index contributed by atoms with van der Waals surface area (Å²) in [4.78, 5) is 10.5. The summed E-state index contributed by atoms with van der Waals surface area (Å²) < 4.78 is 25.2. The Hall–Kier alpha value is -3.45. The zero-order valence-corrected chi connectivity index (χ0v) is 18.5. The van der Waals surface area contributed by atoms with Crippen molar-refractivity contribution in [1.82, 2.24) is 0 Å². The maximum Gasteiger partial charge on any atom is 0.270 e. The van der Waals surface area contributed by atoms with Crippen molar-refractivity contribution in [2.45, 2.75) is 6.61 Å². The molecule has 0 heterocycles. The molecular weight excluding hydrogens is 514 g/mol. The monoisotopic (exact) mass is 530 g/mol. The lowest BCUT2D eigenvalue weighted by molar-refractivity contribution is -0.384. The number of hydrogen-bond donors (Lipinski definition) is 0. The Kier molecular flexibility index (Phi) is 7.20. The first-order valence-corrected chi connectivity index (χ1v) is 10.1. The summed E-state index contributed by atoms with van der Waals surface area (Å²) in [7, 11) is 1.51. The van der Waals surface area contributed by atoms with E-state index in [-0.39, 0.29) is 23.7 Å². The van der Waals surface area contributed by atoms with E-state index in [1.165, 1.54) is 37.4 Å². The van der Waals surface area contributed by atoms with Gasteiger partial charge in [-0.15, -0.1) is 0 Å². The first-order chi connectivity index (χ1) is 14.9. The van der Waals surface area contributed by atoms with Crippen molar-refractivity contribution in [1.29, 1.82) is 5.26 Å². The Bertz CT molecular complexity index is 1190. The minimum absolute atomic E-state index is 0.0876. The van der Waals surface area contributed by atoms with Crippen LogP contribution in [0.5, 0.6) is 11.5 Å². The Balaban J connectivity index is 1.90. The second-order valence-corrected chi connectivity index (χ2v) is 7.59. The predicted molar refractivity (Wildman–Crippen MR) is 123 cm³/mol. The quantitative estimate of drug-likeness (QED) is 0.123. The molecule has 6 nitrogen and oxygen atoms in total. The van der Waals surface area contributed by atoms with Crippen LogP contribution in [0.3, 0.4) is 0 Å². The van der Waals surface area contributed by atoms with Gasteiger partial charge in [0.2, 0.25) is 0 Å². The van der Waals surface area contributed by atoms with E-state index in [0.29, 0.717) is 22.6 Å². The number of halogens is 2. The minimum atomic E-state index is -0.502. The molecule has 0 atom stereocenters. The first kappa shape index (κ1) is 22.2. The van der Waals surface area contributed by atoms with Gasteiger partial charge in [0, 0.05) is 12.1 Å². The minimum Gasteiger partial charge on any atom is -0.493 e. The zero-order valence-electron chi connectivity index (χ0n) is 16.3. The molecule has 0 spiro atoms. The summed E-state index contributed by atoms with van der Waals surface area (Å²) in [6.07, 6.45) is 1.63. The molecule has 156 valence electrons. The highest BCUT2D eigenvalue weighted by molar-refractivity contribution is 14.1. The molecule has 8 heteroatoms. The fourth-order valence-electron chi connectivity index (χ4n) is 2.83. The summed E-state index contributed by atoms with van der Waals surface area (Å²) in [5, 5.41) is 20.6. The fraction of sp³-hybridized carbons (Fsp3) is 0.0870. The molecule has 0 bridgehead atoms. The lowest BCUT2D eigenvalue weighted by Gasteiger charge is -2.14. The molecule has 0 N–H and O–H groups in total. The molecule has 31 heavy (non-hydrogen) atoms. The third-order valence-corrected chi connectivity index (χ3v) is 5.15. The number of nitrogens with zero attached hydrogens (tertiary/aromatic N) is 2. The van der Waals surface area contributed by atoms with Crippen molar-refractivity contribution in [2.75, 3.05) is 7.11 Å². The summed E-state index contributed by atoms with van der Waals surface area (Å²) in [5.41, 5.74) is 2.12. The van der Waals surface area contributed by atoms with Crippen LogP contribution in [-0.2, 0) is 6.61 Å². The van der Waals surface area contributed by atoms with Crippen molar-refractivity contribution < 1.29 is 18.8 Å². The zero-order chi connectivity index (χ0) is 22.4. The number of nitro groups is 1. The number of rotatable bonds is 7.